The molecule has 7 heteroatoms. The second-order valence-electron chi connectivity index (χ2n) is 6.26. The van der Waals surface area contributed by atoms with Gasteiger partial charge in [0.05, 0.1) is 45.5 Å². The van der Waals surface area contributed by atoms with Crippen molar-refractivity contribution in [3.05, 3.63) is 47.3 Å². The van der Waals surface area contributed by atoms with Crippen molar-refractivity contribution in [1.29, 1.82) is 0 Å². The van der Waals surface area contributed by atoms with E-state index in [-0.39, 0.29) is 0 Å². The number of hydrogen-bond donors (Lipinski definition) is 0. The fourth-order valence-corrected chi connectivity index (χ4v) is 3.23. The number of benzene rings is 1. The summed E-state index contributed by atoms with van der Waals surface area (Å²) in [5, 5.41) is 0. The summed E-state index contributed by atoms with van der Waals surface area (Å²) in [5.41, 5.74) is 1.27. The minimum Gasteiger partial charge on any atom is -0.493 e. The van der Waals surface area contributed by atoms with Gasteiger partial charge in [-0.05, 0) is 12.5 Å². The summed E-state index contributed by atoms with van der Waals surface area (Å²) in [6, 6.07) is 5.33. The van der Waals surface area contributed by atoms with E-state index in [0.29, 0.717) is 34.8 Å². The summed E-state index contributed by atoms with van der Waals surface area (Å²) in [5.74, 6) is -0.803. The Bertz CT molecular complexity index is 749. The SMILES string of the molecule is CCCCN1C=C(C(=O)OC)C(c2cccc(OC)c2OC)C(C(=O)OC)=C1. The molecule has 0 bridgehead atoms. The Morgan fingerprint density at radius 3 is 2.04 bits per heavy atom. The van der Waals surface area contributed by atoms with Gasteiger partial charge in [0.2, 0.25) is 0 Å². The molecule has 2 rings (SSSR count). The third-order valence-electron chi connectivity index (χ3n) is 4.59. The van der Waals surface area contributed by atoms with Crippen LogP contribution in [0.15, 0.2) is 41.7 Å². The van der Waals surface area contributed by atoms with Gasteiger partial charge in [0.1, 0.15) is 0 Å². The first kappa shape index (κ1) is 21.3. The van der Waals surface area contributed by atoms with Crippen LogP contribution in [0, 0.1) is 0 Å². The average Bonchev–Trinajstić information content (AvgIpc) is 2.74. The number of carbonyl (C=O) groups is 2. The molecule has 0 amide bonds. The molecule has 0 N–H and O–H groups in total. The number of esters is 2. The van der Waals surface area contributed by atoms with Crippen molar-refractivity contribution in [3.63, 3.8) is 0 Å². The highest BCUT2D eigenvalue weighted by atomic mass is 16.5. The molecule has 0 saturated heterocycles. The average molecular weight is 389 g/mol. The van der Waals surface area contributed by atoms with Crippen LogP contribution in [0.4, 0.5) is 0 Å². The van der Waals surface area contributed by atoms with Crippen LogP contribution >= 0.6 is 0 Å². The Morgan fingerprint density at radius 2 is 1.57 bits per heavy atom. The lowest BCUT2D eigenvalue weighted by atomic mass is 9.82. The fraction of sp³-hybridized carbons (Fsp3) is 0.429. The maximum Gasteiger partial charge on any atom is 0.336 e. The normalized spacial score (nSPS) is 14.1. The maximum absolute atomic E-state index is 12.6. The van der Waals surface area contributed by atoms with E-state index in [9.17, 15) is 9.59 Å². The zero-order chi connectivity index (χ0) is 20.7. The summed E-state index contributed by atoms with van der Waals surface area (Å²) in [6.07, 6.45) is 5.32. The quantitative estimate of drug-likeness (QED) is 0.633. The van der Waals surface area contributed by atoms with E-state index in [1.165, 1.54) is 28.4 Å². The summed E-state index contributed by atoms with van der Waals surface area (Å²) in [6.45, 7) is 2.74. The van der Waals surface area contributed by atoms with Crippen LogP contribution in [0.1, 0.15) is 31.2 Å². The van der Waals surface area contributed by atoms with Gasteiger partial charge in [-0.15, -0.1) is 0 Å². The van der Waals surface area contributed by atoms with E-state index in [0.717, 1.165) is 12.8 Å². The number of methoxy groups -OCH3 is 4. The molecule has 0 aliphatic carbocycles. The Hall–Kier alpha value is -2.96. The Balaban J connectivity index is 2.67. The molecular formula is C21H27NO6. The van der Waals surface area contributed by atoms with Gasteiger partial charge in [0, 0.05) is 24.5 Å². The van der Waals surface area contributed by atoms with Gasteiger partial charge < -0.3 is 23.8 Å². The van der Waals surface area contributed by atoms with Crippen LogP contribution in [0.3, 0.4) is 0 Å². The zero-order valence-corrected chi connectivity index (χ0v) is 17.0. The predicted octanol–water partition coefficient (Wildman–Crippen LogP) is 3.02. The number of para-hydroxylation sites is 1. The monoisotopic (exact) mass is 389 g/mol. The molecule has 7 nitrogen and oxygen atoms in total. The predicted molar refractivity (Wildman–Crippen MR) is 104 cm³/mol. The highest BCUT2D eigenvalue weighted by Crippen LogP contribution is 2.44. The number of hydrogen-bond acceptors (Lipinski definition) is 7. The highest BCUT2D eigenvalue weighted by Gasteiger charge is 2.37. The topological polar surface area (TPSA) is 74.3 Å². The van der Waals surface area contributed by atoms with Gasteiger partial charge in [-0.2, -0.15) is 0 Å². The third-order valence-corrected chi connectivity index (χ3v) is 4.59. The van der Waals surface area contributed by atoms with E-state index >= 15 is 0 Å². The van der Waals surface area contributed by atoms with E-state index in [4.69, 9.17) is 18.9 Å². The van der Waals surface area contributed by atoms with Crippen molar-refractivity contribution < 1.29 is 28.5 Å². The summed E-state index contributed by atoms with van der Waals surface area (Å²) in [7, 11) is 5.68. The van der Waals surface area contributed by atoms with Crippen LogP contribution in [0.2, 0.25) is 0 Å². The van der Waals surface area contributed by atoms with Gasteiger partial charge in [-0.1, -0.05) is 25.5 Å². The molecule has 1 aliphatic rings. The van der Waals surface area contributed by atoms with Crippen LogP contribution < -0.4 is 9.47 Å². The van der Waals surface area contributed by atoms with E-state index in [1.54, 1.807) is 30.6 Å². The number of rotatable bonds is 8. The summed E-state index contributed by atoms with van der Waals surface area (Å²) < 4.78 is 20.9. The molecular weight excluding hydrogens is 362 g/mol. The first-order valence-electron chi connectivity index (χ1n) is 9.08. The minimum absolute atomic E-state index is 0.327. The standard InChI is InChI=1S/C21H27NO6/c1-6-7-11-22-12-15(20(23)27-4)18(16(13-22)21(24)28-5)14-9-8-10-17(25-2)19(14)26-3/h8-10,12-13,18H,6-7,11H2,1-5H3. The number of nitrogens with zero attached hydrogens (tertiary/aromatic N) is 1. The van der Waals surface area contributed by atoms with Gasteiger partial charge in [-0.3, -0.25) is 0 Å². The van der Waals surface area contributed by atoms with E-state index in [1.807, 2.05) is 4.90 Å². The van der Waals surface area contributed by atoms with Gasteiger partial charge in [-0.25, -0.2) is 9.59 Å². The second-order valence-corrected chi connectivity index (χ2v) is 6.26. The third kappa shape index (κ3) is 4.30. The molecule has 0 atom stereocenters. The Morgan fingerprint density at radius 1 is 0.964 bits per heavy atom. The molecule has 1 heterocycles. The lowest BCUT2D eigenvalue weighted by Crippen LogP contribution is -2.29. The second kappa shape index (κ2) is 9.82. The molecule has 0 spiro atoms. The van der Waals surface area contributed by atoms with Gasteiger partial charge >= 0.3 is 11.9 Å². The largest absolute Gasteiger partial charge is 0.493 e. The van der Waals surface area contributed by atoms with E-state index in [2.05, 4.69) is 6.92 Å². The number of ether oxygens (including phenoxy) is 4. The number of carbonyl (C=O) groups excluding carboxylic acids is 2. The van der Waals surface area contributed by atoms with Crippen molar-refractivity contribution in [2.45, 2.75) is 25.7 Å². The van der Waals surface area contributed by atoms with Crippen LogP contribution in [0.25, 0.3) is 0 Å². The van der Waals surface area contributed by atoms with Crippen LogP contribution in [-0.2, 0) is 19.1 Å². The lowest BCUT2D eigenvalue weighted by molar-refractivity contribution is -0.137. The number of unbranched alkanes of at least 4 members (excludes halogenated alkanes) is 1. The zero-order valence-electron chi connectivity index (χ0n) is 17.0. The lowest BCUT2D eigenvalue weighted by Gasteiger charge is -2.31. The van der Waals surface area contributed by atoms with E-state index < -0.39 is 17.9 Å². The maximum atomic E-state index is 12.6. The van der Waals surface area contributed by atoms with Gasteiger partial charge in [0.25, 0.3) is 0 Å². The first-order chi connectivity index (χ1) is 13.5. The summed E-state index contributed by atoms with van der Waals surface area (Å²) >= 11 is 0. The Kier molecular flexibility index (Phi) is 7.49. The fourth-order valence-electron chi connectivity index (χ4n) is 3.23. The molecule has 1 aromatic rings. The first-order valence-corrected chi connectivity index (χ1v) is 9.08. The molecule has 0 unspecified atom stereocenters. The minimum atomic E-state index is -0.706. The molecule has 28 heavy (non-hydrogen) atoms. The van der Waals surface area contributed by atoms with Crippen molar-refractivity contribution in [2.75, 3.05) is 35.0 Å². The molecule has 0 radical (unpaired) electrons. The van der Waals surface area contributed by atoms with Crippen molar-refractivity contribution in [2.24, 2.45) is 0 Å². The van der Waals surface area contributed by atoms with Crippen molar-refractivity contribution in [1.82, 2.24) is 4.90 Å². The highest BCUT2D eigenvalue weighted by molar-refractivity contribution is 5.99. The molecule has 0 fully saturated rings. The molecule has 1 aromatic carbocycles. The van der Waals surface area contributed by atoms with Crippen LogP contribution in [-0.4, -0.2) is 51.8 Å². The van der Waals surface area contributed by atoms with Gasteiger partial charge in [0.15, 0.2) is 11.5 Å². The van der Waals surface area contributed by atoms with Crippen molar-refractivity contribution >= 4 is 11.9 Å². The molecule has 0 aromatic heterocycles. The smallest absolute Gasteiger partial charge is 0.336 e. The Labute approximate surface area is 165 Å². The van der Waals surface area contributed by atoms with Crippen LogP contribution in [0.5, 0.6) is 11.5 Å². The summed E-state index contributed by atoms with van der Waals surface area (Å²) in [4.78, 5) is 27.0. The van der Waals surface area contributed by atoms with Crippen molar-refractivity contribution in [3.8, 4) is 11.5 Å². The molecule has 1 aliphatic heterocycles. The molecule has 0 saturated carbocycles. The molecule has 152 valence electrons.